The molecule has 2 aromatic heterocycles. The Kier molecular flexibility index (Phi) is 4.58. The summed E-state index contributed by atoms with van der Waals surface area (Å²) in [6, 6.07) is 14.0. The second-order valence-corrected chi connectivity index (χ2v) is 6.64. The predicted molar refractivity (Wildman–Crippen MR) is 101 cm³/mol. The summed E-state index contributed by atoms with van der Waals surface area (Å²) in [6.45, 7) is 2.81. The second-order valence-electron chi connectivity index (χ2n) is 6.64. The van der Waals surface area contributed by atoms with Crippen LogP contribution in [0.5, 0.6) is 5.75 Å². The van der Waals surface area contributed by atoms with E-state index in [0.29, 0.717) is 0 Å². The Bertz CT molecular complexity index is 1080. The lowest BCUT2D eigenvalue weighted by Crippen LogP contribution is -2.16. The number of aromatic nitrogens is 3. The molecule has 0 unspecified atom stereocenters. The summed E-state index contributed by atoms with van der Waals surface area (Å²) in [5, 5.41) is 5.34. The summed E-state index contributed by atoms with van der Waals surface area (Å²) in [4.78, 5) is 3.44. The van der Waals surface area contributed by atoms with Crippen molar-refractivity contribution in [1.29, 1.82) is 0 Å². The molecule has 4 nitrogen and oxygen atoms in total. The van der Waals surface area contributed by atoms with Crippen molar-refractivity contribution < 1.29 is 17.9 Å². The molecule has 0 fully saturated rings. The Morgan fingerprint density at radius 2 is 1.86 bits per heavy atom. The number of hydrogen-bond donors (Lipinski definition) is 1. The molecule has 0 saturated heterocycles. The van der Waals surface area contributed by atoms with E-state index >= 15 is 0 Å². The number of alkyl halides is 3. The van der Waals surface area contributed by atoms with Gasteiger partial charge in [-0.25, -0.2) is 0 Å². The number of ether oxygens (including phenoxy) is 1. The van der Waals surface area contributed by atoms with Gasteiger partial charge in [0.1, 0.15) is 5.75 Å². The molecule has 0 saturated carbocycles. The molecule has 4 aromatic rings. The van der Waals surface area contributed by atoms with Crippen LogP contribution in [0.4, 0.5) is 13.2 Å². The highest BCUT2D eigenvalue weighted by molar-refractivity contribution is 5.88. The Morgan fingerprint density at radius 3 is 2.54 bits per heavy atom. The summed E-state index contributed by atoms with van der Waals surface area (Å²) in [5.74, 6) is -0.227. The zero-order valence-corrected chi connectivity index (χ0v) is 15.1. The number of nitrogens with zero attached hydrogens (tertiary/aromatic N) is 2. The number of nitrogens with one attached hydrogen (secondary N) is 1. The minimum Gasteiger partial charge on any atom is -0.406 e. The maximum Gasteiger partial charge on any atom is 0.573 e. The van der Waals surface area contributed by atoms with Gasteiger partial charge in [-0.1, -0.05) is 18.2 Å². The number of benzene rings is 2. The lowest BCUT2D eigenvalue weighted by atomic mass is 10.0. The van der Waals surface area contributed by atoms with Gasteiger partial charge in [0.25, 0.3) is 0 Å². The highest BCUT2D eigenvalue weighted by atomic mass is 19.4. The van der Waals surface area contributed by atoms with Crippen molar-refractivity contribution in [2.75, 3.05) is 0 Å². The Labute approximate surface area is 159 Å². The molecular weight excluding hydrogens is 367 g/mol. The Hall–Kier alpha value is -3.22. The normalized spacial score (nSPS) is 11.9. The summed E-state index contributed by atoms with van der Waals surface area (Å²) in [7, 11) is 0. The SMILES string of the molecule is Cc1cc(-c2ccc(OC(F)(F)F)cc2)cc2[nH]c(CCn3cccn3)cc12. The van der Waals surface area contributed by atoms with E-state index in [2.05, 4.69) is 20.9 Å². The van der Waals surface area contributed by atoms with Crippen LogP contribution in [-0.2, 0) is 13.0 Å². The van der Waals surface area contributed by atoms with Crippen LogP contribution in [0.15, 0.2) is 60.9 Å². The average Bonchev–Trinajstić information content (AvgIpc) is 3.28. The standard InChI is InChI=1S/C21H18F3N3O/c1-14-11-16(15-3-5-18(6-4-15)28-21(22,23)24)12-20-19(14)13-17(26-20)7-10-27-9-2-8-25-27/h2-6,8-9,11-13,26H,7,10H2,1H3. The summed E-state index contributed by atoms with van der Waals surface area (Å²) in [5.41, 5.74) is 4.97. The van der Waals surface area contributed by atoms with Gasteiger partial charge < -0.3 is 9.72 Å². The molecule has 4 rings (SSSR count). The molecule has 0 spiro atoms. The lowest BCUT2D eigenvalue weighted by Gasteiger charge is -2.10. The zero-order valence-electron chi connectivity index (χ0n) is 15.1. The Balaban J connectivity index is 1.58. The van der Waals surface area contributed by atoms with Gasteiger partial charge in [0.15, 0.2) is 0 Å². The minimum absolute atomic E-state index is 0.227. The maximum atomic E-state index is 12.3. The van der Waals surface area contributed by atoms with Crippen molar-refractivity contribution in [1.82, 2.24) is 14.8 Å². The third kappa shape index (κ3) is 4.03. The fourth-order valence-corrected chi connectivity index (χ4v) is 3.29. The first-order chi connectivity index (χ1) is 13.4. The quantitative estimate of drug-likeness (QED) is 0.494. The third-order valence-electron chi connectivity index (χ3n) is 4.59. The fourth-order valence-electron chi connectivity index (χ4n) is 3.29. The minimum atomic E-state index is -4.69. The van der Waals surface area contributed by atoms with E-state index in [1.807, 2.05) is 36.0 Å². The van der Waals surface area contributed by atoms with Crippen LogP contribution in [-0.4, -0.2) is 21.1 Å². The molecule has 144 valence electrons. The van der Waals surface area contributed by atoms with Gasteiger partial charge in [-0.15, -0.1) is 13.2 Å². The first-order valence-corrected chi connectivity index (χ1v) is 8.83. The molecule has 0 atom stereocenters. The molecule has 0 amide bonds. The number of rotatable bonds is 5. The highest BCUT2D eigenvalue weighted by Crippen LogP contribution is 2.30. The maximum absolute atomic E-state index is 12.3. The molecule has 28 heavy (non-hydrogen) atoms. The highest BCUT2D eigenvalue weighted by Gasteiger charge is 2.30. The number of H-pyrrole nitrogens is 1. The van der Waals surface area contributed by atoms with E-state index in [-0.39, 0.29) is 5.75 Å². The first-order valence-electron chi connectivity index (χ1n) is 8.83. The van der Waals surface area contributed by atoms with Gasteiger partial charge in [0, 0.05) is 42.0 Å². The van der Waals surface area contributed by atoms with E-state index in [9.17, 15) is 13.2 Å². The van der Waals surface area contributed by atoms with Gasteiger partial charge in [-0.3, -0.25) is 4.68 Å². The zero-order chi connectivity index (χ0) is 19.7. The largest absolute Gasteiger partial charge is 0.573 e. The van der Waals surface area contributed by atoms with Crippen molar-refractivity contribution in [2.45, 2.75) is 26.3 Å². The number of aryl methyl sites for hydroxylation is 3. The number of fused-ring (bicyclic) bond motifs is 1. The lowest BCUT2D eigenvalue weighted by molar-refractivity contribution is -0.274. The summed E-state index contributed by atoms with van der Waals surface area (Å²) < 4.78 is 42.8. The van der Waals surface area contributed by atoms with Gasteiger partial charge in [-0.2, -0.15) is 5.10 Å². The summed E-state index contributed by atoms with van der Waals surface area (Å²) in [6.07, 6.45) is -0.173. The van der Waals surface area contributed by atoms with Crippen LogP contribution < -0.4 is 4.74 Å². The van der Waals surface area contributed by atoms with E-state index < -0.39 is 6.36 Å². The Morgan fingerprint density at radius 1 is 1.07 bits per heavy atom. The smallest absolute Gasteiger partial charge is 0.406 e. The van der Waals surface area contributed by atoms with Gasteiger partial charge in [0.05, 0.1) is 0 Å². The van der Waals surface area contributed by atoms with Crippen molar-refractivity contribution in [3.8, 4) is 16.9 Å². The van der Waals surface area contributed by atoms with Gasteiger partial charge in [0.2, 0.25) is 0 Å². The molecule has 0 bridgehead atoms. The fraction of sp³-hybridized carbons (Fsp3) is 0.190. The predicted octanol–water partition coefficient (Wildman–Crippen LogP) is 5.48. The van der Waals surface area contributed by atoms with E-state index in [1.54, 1.807) is 18.3 Å². The molecule has 0 aliphatic heterocycles. The van der Waals surface area contributed by atoms with E-state index in [1.165, 1.54) is 12.1 Å². The average molecular weight is 385 g/mol. The van der Waals surface area contributed by atoms with Crippen LogP contribution in [0.1, 0.15) is 11.3 Å². The first kappa shape index (κ1) is 18.2. The number of hydrogen-bond acceptors (Lipinski definition) is 2. The number of halogens is 3. The molecule has 1 N–H and O–H groups in total. The van der Waals surface area contributed by atoms with Crippen LogP contribution in [0.25, 0.3) is 22.0 Å². The molecule has 2 heterocycles. The van der Waals surface area contributed by atoms with Crippen LogP contribution in [0, 0.1) is 6.92 Å². The molecule has 2 aromatic carbocycles. The topological polar surface area (TPSA) is 42.8 Å². The van der Waals surface area contributed by atoms with Gasteiger partial charge in [-0.05, 0) is 53.9 Å². The van der Waals surface area contributed by atoms with Crippen molar-refractivity contribution in [2.24, 2.45) is 0 Å². The summed E-state index contributed by atoms with van der Waals surface area (Å²) >= 11 is 0. The van der Waals surface area contributed by atoms with E-state index in [0.717, 1.165) is 46.3 Å². The molecule has 0 aliphatic rings. The van der Waals surface area contributed by atoms with Crippen LogP contribution in [0.3, 0.4) is 0 Å². The number of aromatic amines is 1. The molecular formula is C21H18F3N3O. The van der Waals surface area contributed by atoms with Crippen LogP contribution >= 0.6 is 0 Å². The molecule has 0 radical (unpaired) electrons. The molecule has 7 heteroatoms. The monoisotopic (exact) mass is 385 g/mol. The van der Waals surface area contributed by atoms with Gasteiger partial charge >= 0.3 is 6.36 Å². The van der Waals surface area contributed by atoms with E-state index in [4.69, 9.17) is 0 Å². The van der Waals surface area contributed by atoms with Crippen LogP contribution in [0.2, 0.25) is 0 Å². The third-order valence-corrected chi connectivity index (χ3v) is 4.59. The molecule has 0 aliphatic carbocycles. The second kappa shape index (κ2) is 7.07. The van der Waals surface area contributed by atoms with Crippen molar-refractivity contribution in [3.05, 3.63) is 72.2 Å². The van der Waals surface area contributed by atoms with Crippen molar-refractivity contribution >= 4 is 10.9 Å². The van der Waals surface area contributed by atoms with Crippen molar-refractivity contribution in [3.63, 3.8) is 0 Å².